The summed E-state index contributed by atoms with van der Waals surface area (Å²) in [4.78, 5) is 0. The molecule has 0 N–H and O–H groups in total. The van der Waals surface area contributed by atoms with Crippen molar-refractivity contribution in [1.29, 1.82) is 0 Å². The minimum absolute atomic E-state index is 1.16. The summed E-state index contributed by atoms with van der Waals surface area (Å²) >= 11 is 0. The Labute approximate surface area is 290 Å². The molecule has 0 atom stereocenters. The highest BCUT2D eigenvalue weighted by Crippen LogP contribution is 2.40. The lowest BCUT2D eigenvalue weighted by Gasteiger charge is -2.16. The first kappa shape index (κ1) is 28.4. The highest BCUT2D eigenvalue weighted by molar-refractivity contribution is 6.11. The van der Waals surface area contributed by atoms with Gasteiger partial charge in [0.2, 0.25) is 0 Å². The summed E-state index contributed by atoms with van der Waals surface area (Å²) in [6, 6.07) is 70.4. The second-order valence-corrected chi connectivity index (χ2v) is 13.0. The summed E-state index contributed by atoms with van der Waals surface area (Å²) in [5.74, 6) is 0. The number of hydrogen-bond acceptors (Lipinski definition) is 0. The van der Waals surface area contributed by atoms with Crippen LogP contribution in [0.5, 0.6) is 0 Å². The molecule has 2 heterocycles. The number of rotatable bonds is 5. The average molecular weight is 637 g/mol. The van der Waals surface area contributed by atoms with Crippen LogP contribution in [0.1, 0.15) is 0 Å². The molecule has 2 heteroatoms. The van der Waals surface area contributed by atoms with E-state index in [4.69, 9.17) is 0 Å². The number of nitrogens with zero attached hydrogens (tertiary/aromatic N) is 2. The maximum absolute atomic E-state index is 2.44. The van der Waals surface area contributed by atoms with Gasteiger partial charge in [0.05, 0.1) is 27.8 Å². The molecule has 10 rings (SSSR count). The van der Waals surface area contributed by atoms with Crippen molar-refractivity contribution in [3.63, 3.8) is 0 Å². The number of para-hydroxylation sites is 3. The minimum Gasteiger partial charge on any atom is -0.309 e. The fourth-order valence-corrected chi connectivity index (χ4v) is 7.83. The van der Waals surface area contributed by atoms with E-state index in [1.54, 1.807) is 0 Å². The Hall–Kier alpha value is -6.64. The number of hydrogen-bond donors (Lipinski definition) is 0. The highest BCUT2D eigenvalue weighted by atomic mass is 15.0. The van der Waals surface area contributed by atoms with E-state index >= 15 is 0 Å². The van der Waals surface area contributed by atoms with E-state index in [1.165, 1.54) is 82.7 Å². The maximum atomic E-state index is 2.44. The zero-order valence-electron chi connectivity index (χ0n) is 27.4. The van der Waals surface area contributed by atoms with Gasteiger partial charge in [-0.05, 0) is 82.4 Å². The fraction of sp³-hybridized carbons (Fsp3) is 0. The van der Waals surface area contributed by atoms with Crippen LogP contribution in [0, 0.1) is 0 Å². The van der Waals surface area contributed by atoms with Crippen molar-refractivity contribution in [3.8, 4) is 44.8 Å². The summed E-state index contributed by atoms with van der Waals surface area (Å²) in [5, 5.41) is 5.03. The predicted molar refractivity (Wildman–Crippen MR) is 211 cm³/mol. The third-order valence-corrected chi connectivity index (χ3v) is 10.1. The predicted octanol–water partition coefficient (Wildman–Crippen LogP) is 12.9. The zero-order valence-corrected chi connectivity index (χ0v) is 27.4. The molecule has 0 bridgehead atoms. The lowest BCUT2D eigenvalue weighted by atomic mass is 9.97. The van der Waals surface area contributed by atoms with Gasteiger partial charge in [0, 0.05) is 32.8 Å². The summed E-state index contributed by atoms with van der Waals surface area (Å²) in [5.41, 5.74) is 14.4. The Bertz CT molecular complexity index is 2800. The van der Waals surface area contributed by atoms with E-state index in [-0.39, 0.29) is 0 Å². The van der Waals surface area contributed by atoms with Gasteiger partial charge in [-0.1, -0.05) is 140 Å². The Kier molecular flexibility index (Phi) is 6.53. The lowest BCUT2D eigenvalue weighted by molar-refractivity contribution is 1.18. The molecule has 0 radical (unpaired) electrons. The first-order valence-electron chi connectivity index (χ1n) is 17.2. The average Bonchev–Trinajstić information content (AvgIpc) is 3.71. The van der Waals surface area contributed by atoms with Crippen LogP contribution in [-0.4, -0.2) is 9.13 Å². The molecule has 10 aromatic rings. The molecule has 8 aromatic carbocycles. The normalized spacial score (nSPS) is 11.6. The van der Waals surface area contributed by atoms with E-state index in [0.717, 1.165) is 5.69 Å². The fourth-order valence-electron chi connectivity index (χ4n) is 7.83. The summed E-state index contributed by atoms with van der Waals surface area (Å²) in [6.45, 7) is 0. The molecule has 2 nitrogen and oxygen atoms in total. The lowest BCUT2D eigenvalue weighted by Crippen LogP contribution is -1.98. The smallest absolute Gasteiger partial charge is 0.0541 e. The van der Waals surface area contributed by atoms with Gasteiger partial charge >= 0.3 is 0 Å². The third-order valence-electron chi connectivity index (χ3n) is 10.1. The molecular weight excluding hydrogens is 605 g/mol. The molecule has 0 aliphatic rings. The largest absolute Gasteiger partial charge is 0.309 e. The van der Waals surface area contributed by atoms with Crippen molar-refractivity contribution in [1.82, 2.24) is 9.13 Å². The van der Waals surface area contributed by atoms with Crippen LogP contribution in [0.2, 0.25) is 0 Å². The molecule has 0 unspecified atom stereocenters. The second-order valence-electron chi connectivity index (χ2n) is 13.0. The van der Waals surface area contributed by atoms with Gasteiger partial charge in [-0.3, -0.25) is 0 Å². The van der Waals surface area contributed by atoms with Crippen molar-refractivity contribution < 1.29 is 0 Å². The van der Waals surface area contributed by atoms with Crippen LogP contribution in [0.25, 0.3) is 88.4 Å². The van der Waals surface area contributed by atoms with Crippen molar-refractivity contribution in [2.75, 3.05) is 0 Å². The van der Waals surface area contributed by atoms with Gasteiger partial charge in [0.25, 0.3) is 0 Å². The van der Waals surface area contributed by atoms with Crippen molar-refractivity contribution in [2.24, 2.45) is 0 Å². The van der Waals surface area contributed by atoms with Crippen LogP contribution < -0.4 is 0 Å². The Morgan fingerprint density at radius 2 is 0.740 bits per heavy atom. The standard InChI is InChI=1S/C48H32N2/c1-3-14-33(15-4-1)36-26-28-47(42(31-36)34-16-5-2-6-17-34)50-46-25-12-9-22-41(46)43-32-37(27-29-48(43)50)35-18-13-19-38(30-35)49-44-23-10-7-20-39(44)40-21-8-11-24-45(40)49/h1-32H. The van der Waals surface area contributed by atoms with Gasteiger partial charge in [-0.15, -0.1) is 0 Å². The molecule has 0 fully saturated rings. The third kappa shape index (κ3) is 4.50. The maximum Gasteiger partial charge on any atom is 0.0541 e. The Morgan fingerprint density at radius 3 is 1.42 bits per heavy atom. The second kappa shape index (κ2) is 11.5. The summed E-state index contributed by atoms with van der Waals surface area (Å²) in [7, 11) is 0. The molecule has 0 aliphatic carbocycles. The molecular formula is C48H32N2. The van der Waals surface area contributed by atoms with Gasteiger partial charge in [-0.2, -0.15) is 0 Å². The van der Waals surface area contributed by atoms with Crippen molar-refractivity contribution in [3.05, 3.63) is 194 Å². The van der Waals surface area contributed by atoms with Crippen molar-refractivity contribution >= 4 is 43.6 Å². The molecule has 50 heavy (non-hydrogen) atoms. The Morgan fingerprint density at radius 1 is 0.260 bits per heavy atom. The van der Waals surface area contributed by atoms with Crippen LogP contribution in [-0.2, 0) is 0 Å². The van der Waals surface area contributed by atoms with Gasteiger partial charge in [-0.25, -0.2) is 0 Å². The molecule has 2 aromatic heterocycles. The van der Waals surface area contributed by atoms with Gasteiger partial charge < -0.3 is 9.13 Å². The summed E-state index contributed by atoms with van der Waals surface area (Å²) < 4.78 is 4.84. The van der Waals surface area contributed by atoms with Crippen LogP contribution in [0.15, 0.2) is 194 Å². The molecule has 0 amide bonds. The monoisotopic (exact) mass is 636 g/mol. The van der Waals surface area contributed by atoms with E-state index in [0.29, 0.717) is 0 Å². The topological polar surface area (TPSA) is 9.86 Å². The van der Waals surface area contributed by atoms with Gasteiger partial charge in [0.15, 0.2) is 0 Å². The molecule has 0 spiro atoms. The molecule has 234 valence electrons. The van der Waals surface area contributed by atoms with Crippen LogP contribution >= 0.6 is 0 Å². The Balaban J connectivity index is 1.16. The summed E-state index contributed by atoms with van der Waals surface area (Å²) in [6.07, 6.45) is 0. The number of aromatic nitrogens is 2. The molecule has 0 aliphatic heterocycles. The van der Waals surface area contributed by atoms with Crippen LogP contribution in [0.4, 0.5) is 0 Å². The SMILES string of the molecule is c1ccc(-c2ccc(-n3c4ccccc4c4cc(-c5cccc(-n6c7ccccc7c7ccccc76)c5)ccc43)c(-c3ccccc3)c2)cc1. The number of benzene rings is 8. The molecule has 0 saturated heterocycles. The van der Waals surface area contributed by atoms with E-state index in [9.17, 15) is 0 Å². The first-order chi connectivity index (χ1) is 24.8. The first-order valence-corrected chi connectivity index (χ1v) is 17.2. The quantitative estimate of drug-likeness (QED) is 0.178. The zero-order chi connectivity index (χ0) is 33.0. The van der Waals surface area contributed by atoms with E-state index < -0.39 is 0 Å². The van der Waals surface area contributed by atoms with E-state index in [1.807, 2.05) is 0 Å². The highest BCUT2D eigenvalue weighted by Gasteiger charge is 2.18. The van der Waals surface area contributed by atoms with Gasteiger partial charge in [0.1, 0.15) is 0 Å². The number of fused-ring (bicyclic) bond motifs is 6. The molecule has 0 saturated carbocycles. The van der Waals surface area contributed by atoms with Crippen LogP contribution in [0.3, 0.4) is 0 Å². The van der Waals surface area contributed by atoms with E-state index in [2.05, 4.69) is 203 Å². The van der Waals surface area contributed by atoms with Crippen molar-refractivity contribution in [2.45, 2.75) is 0 Å². The minimum atomic E-state index is 1.16.